The second-order valence-corrected chi connectivity index (χ2v) is 7.41. The zero-order chi connectivity index (χ0) is 29.8. The Kier molecular flexibility index (Phi) is 7.22. The van der Waals surface area contributed by atoms with Crippen molar-refractivity contribution in [3.63, 3.8) is 0 Å². The molecule has 0 fully saturated rings. The third-order valence-electron chi connectivity index (χ3n) is 4.73. The lowest BCUT2D eigenvalue weighted by Gasteiger charge is -2.19. The Labute approximate surface area is 206 Å². The van der Waals surface area contributed by atoms with Crippen LogP contribution in [0.1, 0.15) is 16.7 Å². The molecule has 3 rings (SSSR count). The highest BCUT2D eigenvalue weighted by Crippen LogP contribution is 2.46. The fraction of sp³-hybridized carbons (Fsp3) is 0.143. The smallest absolute Gasteiger partial charge is 0.422 e. The highest BCUT2D eigenvalue weighted by Gasteiger charge is 2.42. The molecule has 18 heteroatoms. The van der Waals surface area contributed by atoms with Crippen LogP contribution in [-0.4, -0.2) is 0 Å². The molecule has 0 saturated carbocycles. The second-order valence-electron chi connectivity index (χ2n) is 7.41. The van der Waals surface area contributed by atoms with Gasteiger partial charge >= 0.3 is 18.5 Å². The topological polar surface area (TPSA) is 70.5 Å². The maximum atomic E-state index is 14.4. The summed E-state index contributed by atoms with van der Waals surface area (Å²) in [5, 5.41) is 0. The summed E-state index contributed by atoms with van der Waals surface area (Å²) in [5.74, 6) is -18.7. The van der Waals surface area contributed by atoms with E-state index in [4.69, 9.17) is 11.5 Å². The number of halogens is 14. The van der Waals surface area contributed by atoms with Crippen LogP contribution in [0, 0.1) is 29.1 Å². The fourth-order valence-corrected chi connectivity index (χ4v) is 3.19. The average molecular weight is 586 g/mol. The van der Waals surface area contributed by atoms with Crippen LogP contribution in [0.15, 0.2) is 24.3 Å². The summed E-state index contributed by atoms with van der Waals surface area (Å²) in [6.45, 7) is 0. The van der Waals surface area contributed by atoms with Gasteiger partial charge in [0.25, 0.3) is 0 Å². The highest BCUT2D eigenvalue weighted by molar-refractivity contribution is 5.57. The first-order valence-corrected chi connectivity index (χ1v) is 9.60. The molecule has 0 heterocycles. The van der Waals surface area contributed by atoms with Crippen LogP contribution in [0.2, 0.25) is 0 Å². The quantitative estimate of drug-likeness (QED) is 0.239. The van der Waals surface area contributed by atoms with Gasteiger partial charge in [0.1, 0.15) is 34.0 Å². The standard InChI is InChI=1S/C21H8F14N2O2/c22-6-1-5(38-10-3-7(36)13(20(30,31)32)17(25)15(10)23)2-9(12(6)19(27,28)29)39-11-4-8(37)14(21(33,34)35)18(26)16(11)24/h1-4H,36-37H2. The van der Waals surface area contributed by atoms with Gasteiger partial charge < -0.3 is 20.9 Å². The van der Waals surface area contributed by atoms with Crippen molar-refractivity contribution >= 4 is 11.4 Å². The van der Waals surface area contributed by atoms with Crippen molar-refractivity contribution in [1.29, 1.82) is 0 Å². The van der Waals surface area contributed by atoms with E-state index in [2.05, 4.69) is 9.47 Å². The van der Waals surface area contributed by atoms with Crippen LogP contribution in [0.25, 0.3) is 0 Å². The number of hydrogen-bond acceptors (Lipinski definition) is 4. The Morgan fingerprint density at radius 1 is 0.462 bits per heavy atom. The molecule has 0 aliphatic heterocycles. The molecule has 0 aromatic heterocycles. The van der Waals surface area contributed by atoms with Gasteiger partial charge in [-0.1, -0.05) is 0 Å². The monoisotopic (exact) mass is 586 g/mol. The van der Waals surface area contributed by atoms with Gasteiger partial charge in [-0.25, -0.2) is 13.2 Å². The van der Waals surface area contributed by atoms with Crippen LogP contribution in [0.5, 0.6) is 23.0 Å². The Morgan fingerprint density at radius 2 is 0.846 bits per heavy atom. The third-order valence-corrected chi connectivity index (χ3v) is 4.73. The van der Waals surface area contributed by atoms with Crippen molar-refractivity contribution in [3.8, 4) is 23.0 Å². The molecule has 0 unspecified atom stereocenters. The minimum absolute atomic E-state index is 0.0162. The first kappa shape index (κ1) is 29.4. The first-order chi connectivity index (χ1) is 17.6. The minimum atomic E-state index is -5.67. The highest BCUT2D eigenvalue weighted by atomic mass is 19.4. The van der Waals surface area contributed by atoms with Gasteiger partial charge in [-0.3, -0.25) is 0 Å². The Balaban J connectivity index is 2.16. The molecule has 0 atom stereocenters. The van der Waals surface area contributed by atoms with E-state index in [1.54, 1.807) is 0 Å². The molecular formula is C21H8F14N2O2. The van der Waals surface area contributed by atoms with E-state index in [1.165, 1.54) is 0 Å². The van der Waals surface area contributed by atoms with E-state index in [0.29, 0.717) is 0 Å². The number of benzene rings is 3. The van der Waals surface area contributed by atoms with Crippen LogP contribution in [0.3, 0.4) is 0 Å². The van der Waals surface area contributed by atoms with Crippen LogP contribution < -0.4 is 20.9 Å². The van der Waals surface area contributed by atoms with Crippen molar-refractivity contribution in [3.05, 3.63) is 70.0 Å². The number of alkyl halides is 9. The molecule has 0 aliphatic rings. The van der Waals surface area contributed by atoms with E-state index < -0.39 is 98.7 Å². The van der Waals surface area contributed by atoms with Gasteiger partial charge in [0.15, 0.2) is 23.1 Å². The molecule has 3 aromatic rings. The average Bonchev–Trinajstić information content (AvgIpc) is 2.72. The normalized spacial score (nSPS) is 12.6. The van der Waals surface area contributed by atoms with E-state index in [-0.39, 0.29) is 24.3 Å². The lowest BCUT2D eigenvalue weighted by atomic mass is 10.1. The molecule has 4 nitrogen and oxygen atoms in total. The molecule has 3 aromatic carbocycles. The molecule has 0 saturated heterocycles. The Morgan fingerprint density at radius 3 is 1.23 bits per heavy atom. The summed E-state index contributed by atoms with van der Waals surface area (Å²) >= 11 is 0. The number of rotatable bonds is 4. The van der Waals surface area contributed by atoms with Crippen molar-refractivity contribution in [1.82, 2.24) is 0 Å². The van der Waals surface area contributed by atoms with E-state index in [1.807, 2.05) is 0 Å². The van der Waals surface area contributed by atoms with Gasteiger partial charge in [0.05, 0.1) is 11.4 Å². The maximum Gasteiger partial charge on any atom is 0.422 e. The number of nitrogens with two attached hydrogens (primary N) is 2. The summed E-state index contributed by atoms with van der Waals surface area (Å²) in [5.41, 5.74) is 0.113. The zero-order valence-electron chi connectivity index (χ0n) is 18.1. The van der Waals surface area contributed by atoms with Crippen molar-refractivity contribution in [2.75, 3.05) is 11.5 Å². The van der Waals surface area contributed by atoms with Crippen molar-refractivity contribution in [2.45, 2.75) is 18.5 Å². The molecular weight excluding hydrogens is 578 g/mol. The van der Waals surface area contributed by atoms with Gasteiger partial charge in [0.2, 0.25) is 11.6 Å². The van der Waals surface area contributed by atoms with E-state index in [0.717, 1.165) is 0 Å². The number of nitrogen functional groups attached to an aromatic ring is 2. The molecule has 0 radical (unpaired) electrons. The number of hydrogen-bond donors (Lipinski definition) is 2. The number of anilines is 2. The van der Waals surface area contributed by atoms with Gasteiger partial charge in [-0.15, -0.1) is 0 Å². The number of ether oxygens (including phenoxy) is 2. The van der Waals surface area contributed by atoms with Crippen molar-refractivity contribution in [2.24, 2.45) is 0 Å². The molecule has 212 valence electrons. The largest absolute Gasteiger partial charge is 0.454 e. The summed E-state index contributed by atoms with van der Waals surface area (Å²) in [6.07, 6.45) is -16.7. The molecule has 0 aliphatic carbocycles. The van der Waals surface area contributed by atoms with Crippen molar-refractivity contribution < 1.29 is 70.9 Å². The SMILES string of the molecule is Nc1cc(Oc2cc(F)c(C(F)(F)F)c(Oc3cc(N)c(C(F)(F)F)c(F)c3F)c2)c(F)c(F)c1C(F)(F)F. The van der Waals surface area contributed by atoms with Crippen LogP contribution in [-0.2, 0) is 18.5 Å². The van der Waals surface area contributed by atoms with E-state index in [9.17, 15) is 61.5 Å². The Hall–Kier alpha value is -4.12. The predicted octanol–water partition coefficient (Wildman–Crippen LogP) is 8.19. The second kappa shape index (κ2) is 9.57. The molecule has 0 amide bonds. The van der Waals surface area contributed by atoms with E-state index >= 15 is 0 Å². The van der Waals surface area contributed by atoms with Crippen LogP contribution >= 0.6 is 0 Å². The lowest BCUT2D eigenvalue weighted by molar-refractivity contribution is -0.141. The molecule has 39 heavy (non-hydrogen) atoms. The maximum absolute atomic E-state index is 14.4. The first-order valence-electron chi connectivity index (χ1n) is 9.60. The summed E-state index contributed by atoms with van der Waals surface area (Å²) in [4.78, 5) is 0. The molecule has 4 N–H and O–H groups in total. The third kappa shape index (κ3) is 5.68. The Bertz CT molecular complexity index is 1450. The molecule has 0 bridgehead atoms. The zero-order valence-corrected chi connectivity index (χ0v) is 18.1. The van der Waals surface area contributed by atoms with Crippen LogP contribution in [0.4, 0.5) is 72.8 Å². The summed E-state index contributed by atoms with van der Waals surface area (Å²) in [7, 11) is 0. The van der Waals surface area contributed by atoms with Gasteiger partial charge in [-0.05, 0) is 0 Å². The molecule has 0 spiro atoms. The lowest BCUT2D eigenvalue weighted by Crippen LogP contribution is -2.15. The van der Waals surface area contributed by atoms with Gasteiger partial charge in [-0.2, -0.15) is 48.3 Å². The predicted molar refractivity (Wildman–Crippen MR) is 103 cm³/mol. The minimum Gasteiger partial charge on any atom is -0.454 e. The van der Waals surface area contributed by atoms with Gasteiger partial charge in [0, 0.05) is 24.3 Å². The summed E-state index contributed by atoms with van der Waals surface area (Å²) < 4.78 is 197. The summed E-state index contributed by atoms with van der Waals surface area (Å²) in [6, 6.07) is -0.122. The fourth-order valence-electron chi connectivity index (χ4n) is 3.19.